The summed E-state index contributed by atoms with van der Waals surface area (Å²) in [6, 6.07) is 0. The number of hydrogen-bond donors (Lipinski definition) is 0. The summed E-state index contributed by atoms with van der Waals surface area (Å²) in [5.41, 5.74) is 0.269. The summed E-state index contributed by atoms with van der Waals surface area (Å²) in [4.78, 5) is 27.1. The molecule has 0 bridgehead atoms. The van der Waals surface area contributed by atoms with E-state index in [0.29, 0.717) is 17.8 Å². The van der Waals surface area contributed by atoms with Crippen molar-refractivity contribution >= 4 is 18.0 Å². The molecular weight excluding hydrogens is 254 g/mol. The quantitative estimate of drug-likeness (QED) is 0.745. The Morgan fingerprint density at radius 3 is 2.75 bits per heavy atom. The lowest BCUT2D eigenvalue weighted by Gasteiger charge is -2.36. The van der Waals surface area contributed by atoms with Gasteiger partial charge in [-0.3, -0.25) is 4.79 Å². The molecule has 0 aromatic carbocycles. The van der Waals surface area contributed by atoms with Crippen LogP contribution in [0.4, 0.5) is 0 Å². The van der Waals surface area contributed by atoms with Gasteiger partial charge in [-0.1, -0.05) is 27.2 Å². The van der Waals surface area contributed by atoms with Crippen molar-refractivity contribution in [2.45, 2.75) is 52.6 Å². The molecule has 2 rings (SSSR count). The maximum absolute atomic E-state index is 12.1. The van der Waals surface area contributed by atoms with Crippen LogP contribution in [0, 0.1) is 17.8 Å². The standard InChI is InChI=1S/C16H23NO3/c1-10(2)13-6-4-11(3)8-15(13)20-16(19)14-7-5-12(18)9-17-14/h7,9-11,13,15H,4-6,8H2,1-3H3. The number of ether oxygens (including phenoxy) is 1. The Kier molecular flexibility index (Phi) is 4.73. The highest BCUT2D eigenvalue weighted by Gasteiger charge is 2.34. The van der Waals surface area contributed by atoms with E-state index >= 15 is 0 Å². The van der Waals surface area contributed by atoms with Crippen molar-refractivity contribution < 1.29 is 14.3 Å². The molecule has 0 saturated heterocycles. The molecule has 110 valence electrons. The molecule has 0 radical (unpaired) electrons. The number of carbonyl (C=O) groups excluding carboxylic acids is 2. The molecule has 3 atom stereocenters. The normalized spacial score (nSPS) is 30.3. The van der Waals surface area contributed by atoms with E-state index in [1.807, 2.05) is 0 Å². The molecule has 20 heavy (non-hydrogen) atoms. The van der Waals surface area contributed by atoms with Crippen molar-refractivity contribution in [1.82, 2.24) is 0 Å². The Morgan fingerprint density at radius 2 is 2.15 bits per heavy atom. The van der Waals surface area contributed by atoms with E-state index in [4.69, 9.17) is 4.74 Å². The van der Waals surface area contributed by atoms with Crippen LogP contribution in [0.3, 0.4) is 0 Å². The molecule has 0 aromatic rings. The fourth-order valence-corrected chi connectivity index (χ4v) is 3.03. The zero-order chi connectivity index (χ0) is 14.7. The van der Waals surface area contributed by atoms with Crippen LogP contribution in [0.2, 0.25) is 0 Å². The van der Waals surface area contributed by atoms with Crippen molar-refractivity contribution in [1.29, 1.82) is 0 Å². The summed E-state index contributed by atoms with van der Waals surface area (Å²) in [5, 5.41) is 0. The Labute approximate surface area is 120 Å². The average molecular weight is 277 g/mol. The van der Waals surface area contributed by atoms with E-state index in [-0.39, 0.29) is 24.0 Å². The van der Waals surface area contributed by atoms with Crippen LogP contribution >= 0.6 is 0 Å². The topological polar surface area (TPSA) is 55.7 Å². The highest BCUT2D eigenvalue weighted by molar-refractivity contribution is 6.29. The molecule has 4 nitrogen and oxygen atoms in total. The fourth-order valence-electron chi connectivity index (χ4n) is 3.03. The molecular formula is C16H23NO3. The van der Waals surface area contributed by atoms with Crippen LogP contribution in [0.25, 0.3) is 0 Å². The minimum atomic E-state index is -0.390. The third kappa shape index (κ3) is 3.56. The Balaban J connectivity index is 2.01. The van der Waals surface area contributed by atoms with Crippen molar-refractivity contribution in [2.24, 2.45) is 22.7 Å². The number of rotatable bonds is 3. The SMILES string of the molecule is CC1CCC(C(C)C)C(OC(=O)C2=CCC(=O)C=N2)C1. The van der Waals surface area contributed by atoms with E-state index in [1.165, 1.54) is 12.6 Å². The first-order valence-electron chi connectivity index (χ1n) is 7.45. The summed E-state index contributed by atoms with van der Waals surface area (Å²) in [5.74, 6) is 1.05. The molecule has 1 saturated carbocycles. The van der Waals surface area contributed by atoms with Crippen LogP contribution in [0.5, 0.6) is 0 Å². The highest BCUT2D eigenvalue weighted by Crippen LogP contribution is 2.35. The number of hydrogen-bond acceptors (Lipinski definition) is 4. The van der Waals surface area contributed by atoms with Gasteiger partial charge in [-0.05, 0) is 36.7 Å². The van der Waals surface area contributed by atoms with Crippen LogP contribution in [0.15, 0.2) is 16.8 Å². The maximum atomic E-state index is 12.1. The lowest BCUT2D eigenvalue weighted by molar-refractivity contribution is -0.151. The number of ketones is 1. The summed E-state index contributed by atoms with van der Waals surface area (Å²) < 4.78 is 5.68. The average Bonchev–Trinajstić information content (AvgIpc) is 2.39. The number of aliphatic imine (C=N–C) groups is 1. The largest absolute Gasteiger partial charge is 0.457 e. The molecule has 1 heterocycles. The number of Topliss-reactive ketones (excluding diaryl/α,β-unsaturated/α-hetero) is 1. The summed E-state index contributed by atoms with van der Waals surface area (Å²) >= 11 is 0. The number of carbonyl (C=O) groups is 2. The predicted octanol–water partition coefficient (Wildman–Crippen LogP) is 2.92. The first-order valence-corrected chi connectivity index (χ1v) is 7.45. The Morgan fingerprint density at radius 1 is 1.40 bits per heavy atom. The molecule has 0 aromatic heterocycles. The van der Waals surface area contributed by atoms with Crippen molar-refractivity contribution in [2.75, 3.05) is 0 Å². The second kappa shape index (κ2) is 6.33. The predicted molar refractivity (Wildman–Crippen MR) is 77.4 cm³/mol. The monoisotopic (exact) mass is 277 g/mol. The lowest BCUT2D eigenvalue weighted by atomic mass is 9.75. The highest BCUT2D eigenvalue weighted by atomic mass is 16.5. The molecule has 1 aliphatic carbocycles. The van der Waals surface area contributed by atoms with Crippen LogP contribution in [-0.2, 0) is 14.3 Å². The molecule has 4 heteroatoms. The Hall–Kier alpha value is -1.45. The number of allylic oxidation sites excluding steroid dienone is 1. The van der Waals surface area contributed by atoms with Gasteiger partial charge >= 0.3 is 5.97 Å². The van der Waals surface area contributed by atoms with Crippen LogP contribution < -0.4 is 0 Å². The second-order valence-electron chi connectivity index (χ2n) is 6.29. The summed E-state index contributed by atoms with van der Waals surface area (Å²) in [7, 11) is 0. The van der Waals surface area contributed by atoms with E-state index < -0.39 is 5.97 Å². The van der Waals surface area contributed by atoms with Gasteiger partial charge in [0.2, 0.25) is 0 Å². The second-order valence-corrected chi connectivity index (χ2v) is 6.29. The summed E-state index contributed by atoms with van der Waals surface area (Å²) in [6.45, 7) is 6.56. The Bertz CT molecular complexity index is 451. The van der Waals surface area contributed by atoms with E-state index in [1.54, 1.807) is 6.08 Å². The molecule has 1 fully saturated rings. The third-order valence-corrected chi connectivity index (χ3v) is 4.27. The van der Waals surface area contributed by atoms with Gasteiger partial charge in [-0.2, -0.15) is 0 Å². The van der Waals surface area contributed by atoms with E-state index in [0.717, 1.165) is 12.8 Å². The third-order valence-electron chi connectivity index (χ3n) is 4.27. The number of esters is 1. The lowest BCUT2D eigenvalue weighted by Crippen LogP contribution is -2.36. The molecule has 2 aliphatic rings. The van der Waals surface area contributed by atoms with E-state index in [2.05, 4.69) is 25.8 Å². The minimum Gasteiger partial charge on any atom is -0.457 e. The van der Waals surface area contributed by atoms with Gasteiger partial charge in [0.25, 0.3) is 0 Å². The molecule has 0 amide bonds. The van der Waals surface area contributed by atoms with Gasteiger partial charge in [-0.25, -0.2) is 9.79 Å². The van der Waals surface area contributed by atoms with E-state index in [9.17, 15) is 9.59 Å². The minimum absolute atomic E-state index is 0.0278. The van der Waals surface area contributed by atoms with Gasteiger partial charge in [0, 0.05) is 6.42 Å². The number of nitrogens with zero attached hydrogens (tertiary/aromatic N) is 1. The zero-order valence-corrected chi connectivity index (χ0v) is 12.5. The zero-order valence-electron chi connectivity index (χ0n) is 12.5. The van der Waals surface area contributed by atoms with Crippen LogP contribution in [-0.4, -0.2) is 24.1 Å². The van der Waals surface area contributed by atoms with Gasteiger partial charge in [0.05, 0.1) is 6.21 Å². The van der Waals surface area contributed by atoms with Gasteiger partial charge in [0.1, 0.15) is 11.8 Å². The molecule has 1 aliphatic heterocycles. The first-order chi connectivity index (χ1) is 9.47. The van der Waals surface area contributed by atoms with Crippen LogP contribution in [0.1, 0.15) is 46.5 Å². The van der Waals surface area contributed by atoms with Gasteiger partial charge in [0.15, 0.2) is 5.78 Å². The van der Waals surface area contributed by atoms with Gasteiger partial charge < -0.3 is 4.74 Å². The summed E-state index contributed by atoms with van der Waals surface area (Å²) in [6.07, 6.45) is 6.21. The van der Waals surface area contributed by atoms with Crippen molar-refractivity contribution in [3.8, 4) is 0 Å². The fraction of sp³-hybridized carbons (Fsp3) is 0.688. The van der Waals surface area contributed by atoms with Crippen molar-refractivity contribution in [3.05, 3.63) is 11.8 Å². The first kappa shape index (κ1) is 14.9. The maximum Gasteiger partial charge on any atom is 0.356 e. The van der Waals surface area contributed by atoms with Gasteiger partial charge in [-0.15, -0.1) is 0 Å². The molecule has 0 spiro atoms. The smallest absolute Gasteiger partial charge is 0.356 e. The molecule has 3 unspecified atom stereocenters. The van der Waals surface area contributed by atoms with Crippen molar-refractivity contribution in [3.63, 3.8) is 0 Å². The molecule has 0 N–H and O–H groups in total.